The van der Waals surface area contributed by atoms with Gasteiger partial charge in [-0.3, -0.25) is 0 Å². The third-order valence-electron chi connectivity index (χ3n) is 3.21. The Morgan fingerprint density at radius 2 is 2.09 bits per heavy atom. The number of carboxylic acids is 1. The van der Waals surface area contributed by atoms with Gasteiger partial charge >= 0.3 is 5.97 Å². The first-order valence-electron chi connectivity index (χ1n) is 6.85. The number of fused-ring (bicyclic) bond motifs is 1. The highest BCUT2D eigenvalue weighted by Crippen LogP contribution is 2.30. The van der Waals surface area contributed by atoms with Gasteiger partial charge in [-0.15, -0.1) is 0 Å². The second-order valence-electron chi connectivity index (χ2n) is 5.14. The highest BCUT2D eigenvalue weighted by molar-refractivity contribution is 7.22. The predicted octanol–water partition coefficient (Wildman–Crippen LogP) is 3.71. The quantitative estimate of drug-likeness (QED) is 0.760. The Labute approximate surface area is 136 Å². The number of rotatable bonds is 4. The number of benzene rings is 1. The number of allylic oxidation sites excluding steroid dienone is 1. The lowest BCUT2D eigenvalue weighted by molar-refractivity contribution is 0.0695. The number of aromatic carboxylic acids is 1. The standard InChI is InChI=1S/C16H14N4O2S/c1-8(2)17-16-18-12-5-4-10(6-14(12)23-16)13-7-11(15(21)22)9(3)19-20-13/h4-7H,1H2,2-3H3,(H,17,18)(H,21,22). The third kappa shape index (κ3) is 3.04. The van der Waals surface area contributed by atoms with E-state index in [1.807, 2.05) is 25.1 Å². The Balaban J connectivity index is 2.05. The molecule has 0 saturated carbocycles. The fourth-order valence-corrected chi connectivity index (χ4v) is 3.11. The lowest BCUT2D eigenvalue weighted by atomic mass is 10.1. The van der Waals surface area contributed by atoms with Crippen molar-refractivity contribution >= 4 is 32.7 Å². The van der Waals surface area contributed by atoms with E-state index in [1.54, 1.807) is 13.0 Å². The molecule has 3 rings (SSSR count). The van der Waals surface area contributed by atoms with E-state index < -0.39 is 5.97 Å². The molecule has 0 atom stereocenters. The lowest BCUT2D eigenvalue weighted by Gasteiger charge is -2.03. The SMILES string of the molecule is C=C(C)Nc1nc2ccc(-c3cc(C(=O)O)c(C)nn3)cc2s1. The molecule has 0 amide bonds. The highest BCUT2D eigenvalue weighted by Gasteiger charge is 2.12. The first-order valence-corrected chi connectivity index (χ1v) is 7.67. The molecule has 23 heavy (non-hydrogen) atoms. The van der Waals surface area contributed by atoms with Crippen LogP contribution >= 0.6 is 11.3 Å². The van der Waals surface area contributed by atoms with E-state index in [9.17, 15) is 9.90 Å². The van der Waals surface area contributed by atoms with Gasteiger partial charge in [-0.05, 0) is 32.0 Å². The van der Waals surface area contributed by atoms with Gasteiger partial charge in [0.05, 0.1) is 27.2 Å². The molecular weight excluding hydrogens is 312 g/mol. The summed E-state index contributed by atoms with van der Waals surface area (Å²) in [6, 6.07) is 7.21. The van der Waals surface area contributed by atoms with Gasteiger partial charge in [-0.25, -0.2) is 9.78 Å². The van der Waals surface area contributed by atoms with Gasteiger partial charge < -0.3 is 10.4 Å². The molecule has 0 spiro atoms. The summed E-state index contributed by atoms with van der Waals surface area (Å²) in [5.41, 5.74) is 3.56. The second-order valence-corrected chi connectivity index (χ2v) is 6.17. The Morgan fingerprint density at radius 1 is 1.30 bits per heavy atom. The molecule has 7 heteroatoms. The number of carboxylic acid groups (broad SMARTS) is 1. The molecule has 0 radical (unpaired) electrons. The summed E-state index contributed by atoms with van der Waals surface area (Å²) in [7, 11) is 0. The van der Waals surface area contributed by atoms with Crippen LogP contribution in [0.3, 0.4) is 0 Å². The molecule has 0 aliphatic rings. The maximum absolute atomic E-state index is 11.2. The number of aromatic nitrogens is 3. The van der Waals surface area contributed by atoms with Crippen LogP contribution in [0.25, 0.3) is 21.5 Å². The van der Waals surface area contributed by atoms with Crippen molar-refractivity contribution in [2.45, 2.75) is 13.8 Å². The van der Waals surface area contributed by atoms with Crippen LogP contribution in [0.5, 0.6) is 0 Å². The highest BCUT2D eigenvalue weighted by atomic mass is 32.1. The minimum atomic E-state index is -1.01. The van der Waals surface area contributed by atoms with Gasteiger partial charge in [0.25, 0.3) is 0 Å². The summed E-state index contributed by atoms with van der Waals surface area (Å²) >= 11 is 1.50. The van der Waals surface area contributed by atoms with Gasteiger partial charge in [-0.1, -0.05) is 24.0 Å². The largest absolute Gasteiger partial charge is 0.478 e. The zero-order valence-corrected chi connectivity index (χ0v) is 13.4. The van der Waals surface area contributed by atoms with Crippen LogP contribution in [0.2, 0.25) is 0 Å². The summed E-state index contributed by atoms with van der Waals surface area (Å²) in [5.74, 6) is -1.01. The van der Waals surface area contributed by atoms with Crippen LogP contribution in [-0.4, -0.2) is 26.3 Å². The molecule has 2 aromatic heterocycles. The Bertz CT molecular complexity index is 933. The molecule has 2 heterocycles. The fourth-order valence-electron chi connectivity index (χ4n) is 2.13. The van der Waals surface area contributed by atoms with Crippen molar-refractivity contribution in [2.75, 3.05) is 5.32 Å². The second kappa shape index (κ2) is 5.77. The number of anilines is 1. The lowest BCUT2D eigenvalue weighted by Crippen LogP contribution is -2.04. The third-order valence-corrected chi connectivity index (χ3v) is 4.15. The van der Waals surface area contributed by atoms with E-state index >= 15 is 0 Å². The number of carbonyl (C=O) groups is 1. The molecule has 1 aromatic carbocycles. The van der Waals surface area contributed by atoms with Gasteiger partial charge in [0.1, 0.15) is 0 Å². The van der Waals surface area contributed by atoms with Crippen molar-refractivity contribution in [2.24, 2.45) is 0 Å². The van der Waals surface area contributed by atoms with Crippen molar-refractivity contribution in [3.05, 3.63) is 47.8 Å². The summed E-state index contributed by atoms with van der Waals surface area (Å²) in [4.78, 5) is 15.7. The molecule has 3 aromatic rings. The number of nitrogens with one attached hydrogen (secondary N) is 1. The zero-order valence-electron chi connectivity index (χ0n) is 12.6. The monoisotopic (exact) mass is 326 g/mol. The first kappa shape index (κ1) is 15.1. The Kier molecular flexibility index (Phi) is 3.79. The van der Waals surface area contributed by atoms with E-state index in [0.29, 0.717) is 11.4 Å². The zero-order chi connectivity index (χ0) is 16.6. The minimum Gasteiger partial charge on any atom is -0.478 e. The van der Waals surface area contributed by atoms with E-state index in [-0.39, 0.29) is 5.56 Å². The molecule has 0 unspecified atom stereocenters. The molecule has 116 valence electrons. The van der Waals surface area contributed by atoms with Crippen molar-refractivity contribution < 1.29 is 9.90 Å². The van der Waals surface area contributed by atoms with E-state index in [4.69, 9.17) is 0 Å². The van der Waals surface area contributed by atoms with E-state index in [2.05, 4.69) is 27.1 Å². The Hall–Kier alpha value is -2.80. The minimum absolute atomic E-state index is 0.157. The number of aryl methyl sites for hydroxylation is 1. The normalized spacial score (nSPS) is 10.7. The van der Waals surface area contributed by atoms with Crippen molar-refractivity contribution in [1.29, 1.82) is 0 Å². The number of hydrogen-bond acceptors (Lipinski definition) is 6. The van der Waals surface area contributed by atoms with Crippen LogP contribution in [0.15, 0.2) is 36.5 Å². The number of thiazole rings is 1. The first-order chi connectivity index (χ1) is 10.9. The fraction of sp³-hybridized carbons (Fsp3) is 0.125. The molecule has 6 nitrogen and oxygen atoms in total. The topological polar surface area (TPSA) is 88.0 Å². The van der Waals surface area contributed by atoms with Crippen LogP contribution in [-0.2, 0) is 0 Å². The molecule has 0 aliphatic heterocycles. The van der Waals surface area contributed by atoms with Gasteiger partial charge in [0, 0.05) is 11.3 Å². The average molecular weight is 326 g/mol. The molecule has 2 N–H and O–H groups in total. The smallest absolute Gasteiger partial charge is 0.337 e. The maximum atomic E-state index is 11.2. The predicted molar refractivity (Wildman–Crippen MR) is 90.8 cm³/mol. The maximum Gasteiger partial charge on any atom is 0.337 e. The summed E-state index contributed by atoms with van der Waals surface area (Å²) in [6.45, 7) is 7.30. The van der Waals surface area contributed by atoms with Crippen molar-refractivity contribution in [3.63, 3.8) is 0 Å². The summed E-state index contributed by atoms with van der Waals surface area (Å²) < 4.78 is 0.977. The summed E-state index contributed by atoms with van der Waals surface area (Å²) in [6.07, 6.45) is 0. The van der Waals surface area contributed by atoms with Gasteiger partial charge in [0.2, 0.25) is 0 Å². The van der Waals surface area contributed by atoms with Crippen LogP contribution < -0.4 is 5.32 Å². The molecule has 0 saturated heterocycles. The van der Waals surface area contributed by atoms with Crippen LogP contribution in [0.1, 0.15) is 23.0 Å². The molecular formula is C16H14N4O2S. The van der Waals surface area contributed by atoms with Crippen molar-refractivity contribution in [3.8, 4) is 11.3 Å². The van der Waals surface area contributed by atoms with E-state index in [0.717, 1.165) is 26.6 Å². The van der Waals surface area contributed by atoms with Crippen molar-refractivity contribution in [1.82, 2.24) is 15.2 Å². The summed E-state index contributed by atoms with van der Waals surface area (Å²) in [5, 5.41) is 21.1. The van der Waals surface area contributed by atoms with Gasteiger partial charge in [-0.2, -0.15) is 10.2 Å². The molecule has 0 aliphatic carbocycles. The van der Waals surface area contributed by atoms with Crippen LogP contribution in [0.4, 0.5) is 5.13 Å². The van der Waals surface area contributed by atoms with Crippen LogP contribution in [0, 0.1) is 6.92 Å². The van der Waals surface area contributed by atoms with Gasteiger partial charge in [0.15, 0.2) is 5.13 Å². The Morgan fingerprint density at radius 3 is 2.78 bits per heavy atom. The number of nitrogens with zero attached hydrogens (tertiary/aromatic N) is 3. The average Bonchev–Trinajstić information content (AvgIpc) is 2.87. The number of hydrogen-bond donors (Lipinski definition) is 2. The van der Waals surface area contributed by atoms with E-state index in [1.165, 1.54) is 11.3 Å². The molecule has 0 bridgehead atoms. The molecule has 0 fully saturated rings.